The van der Waals surface area contributed by atoms with Crippen molar-refractivity contribution in [2.45, 2.75) is 58.1 Å². The van der Waals surface area contributed by atoms with E-state index in [0.29, 0.717) is 11.5 Å². The second-order valence-electron chi connectivity index (χ2n) is 5.82. The van der Waals surface area contributed by atoms with E-state index in [2.05, 4.69) is 18.7 Å². The first-order valence-electron chi connectivity index (χ1n) is 5.99. The van der Waals surface area contributed by atoms with Crippen LogP contribution in [0.3, 0.4) is 0 Å². The molecule has 0 aromatic rings. The zero-order chi connectivity index (χ0) is 10.2. The number of hydrogen-bond acceptors (Lipinski definition) is 2. The Morgan fingerprint density at radius 3 is 2.29 bits per heavy atom. The molecule has 1 N–H and O–H groups in total. The predicted molar refractivity (Wildman–Crippen MR) is 58.2 cm³/mol. The summed E-state index contributed by atoms with van der Waals surface area (Å²) in [5.41, 5.74) is 0.549. The molecular formula is C12H23NO. The minimum atomic E-state index is -0.0186. The normalized spacial score (nSPS) is 38.8. The minimum Gasteiger partial charge on any atom is -0.393 e. The Kier molecular flexibility index (Phi) is 2.85. The van der Waals surface area contributed by atoms with E-state index in [-0.39, 0.29) is 6.10 Å². The van der Waals surface area contributed by atoms with Crippen molar-refractivity contribution in [3.8, 4) is 0 Å². The Morgan fingerprint density at radius 1 is 1.14 bits per heavy atom. The number of aliphatic hydroxyl groups excluding tert-OH is 1. The number of hydrogen-bond donors (Lipinski definition) is 1. The lowest BCUT2D eigenvalue weighted by Crippen LogP contribution is -2.42. The summed E-state index contributed by atoms with van der Waals surface area (Å²) in [6.45, 7) is 7.22. The Balaban J connectivity index is 1.83. The van der Waals surface area contributed by atoms with Gasteiger partial charge in [0.25, 0.3) is 0 Å². The van der Waals surface area contributed by atoms with Crippen LogP contribution in [-0.4, -0.2) is 35.2 Å². The zero-order valence-corrected chi connectivity index (χ0v) is 9.50. The van der Waals surface area contributed by atoms with Gasteiger partial charge in [-0.25, -0.2) is 0 Å². The second-order valence-corrected chi connectivity index (χ2v) is 5.82. The average molecular weight is 197 g/mol. The summed E-state index contributed by atoms with van der Waals surface area (Å²) in [6.07, 6.45) is 5.86. The third-order valence-electron chi connectivity index (χ3n) is 4.05. The van der Waals surface area contributed by atoms with Gasteiger partial charge >= 0.3 is 0 Å². The van der Waals surface area contributed by atoms with Crippen LogP contribution >= 0.6 is 0 Å². The topological polar surface area (TPSA) is 23.5 Å². The van der Waals surface area contributed by atoms with E-state index in [4.69, 9.17) is 0 Å². The van der Waals surface area contributed by atoms with E-state index in [1.54, 1.807) is 0 Å². The Bertz CT molecular complexity index is 192. The lowest BCUT2D eigenvalue weighted by molar-refractivity contribution is 0.0868. The second kappa shape index (κ2) is 3.82. The molecule has 1 heterocycles. The molecule has 2 atom stereocenters. The molecule has 0 aromatic heterocycles. The molecule has 2 fully saturated rings. The van der Waals surface area contributed by atoms with E-state index in [1.807, 2.05) is 0 Å². The van der Waals surface area contributed by atoms with Crippen LogP contribution in [0.5, 0.6) is 0 Å². The maximum atomic E-state index is 9.51. The molecule has 1 saturated carbocycles. The summed E-state index contributed by atoms with van der Waals surface area (Å²) >= 11 is 0. The quantitative estimate of drug-likeness (QED) is 0.695. The van der Waals surface area contributed by atoms with Gasteiger partial charge in [0.1, 0.15) is 0 Å². The molecule has 0 amide bonds. The van der Waals surface area contributed by atoms with Gasteiger partial charge in [-0.15, -0.1) is 0 Å². The molecule has 1 saturated heterocycles. The molecular weight excluding hydrogens is 174 g/mol. The van der Waals surface area contributed by atoms with Gasteiger partial charge in [0.15, 0.2) is 0 Å². The summed E-state index contributed by atoms with van der Waals surface area (Å²) < 4.78 is 0. The summed E-state index contributed by atoms with van der Waals surface area (Å²) in [5.74, 6) is 0. The SMILES string of the molecule is CC1(C)CCN(C2CCC(O)C2)CC1. The van der Waals surface area contributed by atoms with Gasteiger partial charge in [-0.2, -0.15) is 0 Å². The van der Waals surface area contributed by atoms with Crippen LogP contribution in [0.4, 0.5) is 0 Å². The predicted octanol–water partition coefficient (Wildman–Crippen LogP) is 2.02. The fourth-order valence-corrected chi connectivity index (χ4v) is 2.76. The van der Waals surface area contributed by atoms with Crippen molar-refractivity contribution >= 4 is 0 Å². The van der Waals surface area contributed by atoms with Crippen LogP contribution < -0.4 is 0 Å². The number of likely N-dealkylation sites (tertiary alicyclic amines) is 1. The van der Waals surface area contributed by atoms with Crippen molar-refractivity contribution in [1.29, 1.82) is 0 Å². The molecule has 0 radical (unpaired) electrons. The highest BCUT2D eigenvalue weighted by atomic mass is 16.3. The molecule has 0 spiro atoms. The lowest BCUT2D eigenvalue weighted by Gasteiger charge is -2.40. The molecule has 0 bridgehead atoms. The number of piperidine rings is 1. The van der Waals surface area contributed by atoms with Gasteiger partial charge in [-0.1, -0.05) is 13.8 Å². The Hall–Kier alpha value is -0.0800. The van der Waals surface area contributed by atoms with E-state index in [9.17, 15) is 5.11 Å². The average Bonchev–Trinajstić information content (AvgIpc) is 2.52. The van der Waals surface area contributed by atoms with E-state index in [1.165, 1.54) is 32.4 Å². The van der Waals surface area contributed by atoms with Crippen LogP contribution in [0.1, 0.15) is 46.0 Å². The van der Waals surface area contributed by atoms with Crippen molar-refractivity contribution in [2.24, 2.45) is 5.41 Å². The Morgan fingerprint density at radius 2 is 1.79 bits per heavy atom. The molecule has 82 valence electrons. The zero-order valence-electron chi connectivity index (χ0n) is 9.50. The van der Waals surface area contributed by atoms with E-state index in [0.717, 1.165) is 12.8 Å². The van der Waals surface area contributed by atoms with E-state index < -0.39 is 0 Å². The summed E-state index contributed by atoms with van der Waals surface area (Å²) in [6, 6.07) is 0.682. The van der Waals surface area contributed by atoms with Gasteiger partial charge < -0.3 is 10.0 Å². The first kappa shape index (κ1) is 10.4. The van der Waals surface area contributed by atoms with Gasteiger partial charge in [0.2, 0.25) is 0 Å². The highest BCUT2D eigenvalue weighted by Crippen LogP contribution is 2.33. The maximum absolute atomic E-state index is 9.51. The third kappa shape index (κ3) is 2.29. The molecule has 2 unspecified atom stereocenters. The molecule has 0 aromatic carbocycles. The molecule has 1 aliphatic carbocycles. The number of aliphatic hydroxyl groups is 1. The summed E-state index contributed by atoms with van der Waals surface area (Å²) in [4.78, 5) is 2.60. The van der Waals surface area contributed by atoms with Crippen LogP contribution in [0.15, 0.2) is 0 Å². The van der Waals surface area contributed by atoms with Crippen LogP contribution in [0, 0.1) is 5.41 Å². The van der Waals surface area contributed by atoms with Crippen molar-refractivity contribution < 1.29 is 5.11 Å². The van der Waals surface area contributed by atoms with Crippen LogP contribution in [0.25, 0.3) is 0 Å². The van der Waals surface area contributed by atoms with Crippen molar-refractivity contribution in [2.75, 3.05) is 13.1 Å². The monoisotopic (exact) mass is 197 g/mol. The smallest absolute Gasteiger partial charge is 0.0555 e. The molecule has 14 heavy (non-hydrogen) atoms. The number of rotatable bonds is 1. The fraction of sp³-hybridized carbons (Fsp3) is 1.00. The van der Waals surface area contributed by atoms with Gasteiger partial charge in [-0.05, 0) is 50.6 Å². The largest absolute Gasteiger partial charge is 0.393 e. The first-order valence-corrected chi connectivity index (χ1v) is 5.99. The summed E-state index contributed by atoms with van der Waals surface area (Å²) in [7, 11) is 0. The maximum Gasteiger partial charge on any atom is 0.0555 e. The molecule has 2 rings (SSSR count). The first-order chi connectivity index (χ1) is 6.57. The fourth-order valence-electron chi connectivity index (χ4n) is 2.76. The summed E-state index contributed by atoms with van der Waals surface area (Å²) in [5, 5.41) is 9.51. The highest BCUT2D eigenvalue weighted by molar-refractivity contribution is 4.87. The van der Waals surface area contributed by atoms with Gasteiger partial charge in [0.05, 0.1) is 6.10 Å². The molecule has 1 aliphatic heterocycles. The molecule has 2 heteroatoms. The highest BCUT2D eigenvalue weighted by Gasteiger charge is 2.32. The van der Waals surface area contributed by atoms with Crippen molar-refractivity contribution in [3.63, 3.8) is 0 Å². The minimum absolute atomic E-state index is 0.0186. The van der Waals surface area contributed by atoms with Gasteiger partial charge in [-0.3, -0.25) is 0 Å². The molecule has 2 nitrogen and oxygen atoms in total. The standard InChI is InChI=1S/C12H23NO/c1-12(2)5-7-13(8-6-12)10-3-4-11(14)9-10/h10-11,14H,3-9H2,1-2H3. The Labute approximate surface area is 87.3 Å². The number of nitrogens with zero attached hydrogens (tertiary/aromatic N) is 1. The van der Waals surface area contributed by atoms with Crippen LogP contribution in [-0.2, 0) is 0 Å². The van der Waals surface area contributed by atoms with Crippen LogP contribution in [0.2, 0.25) is 0 Å². The lowest BCUT2D eigenvalue weighted by atomic mass is 9.82. The van der Waals surface area contributed by atoms with Crippen molar-refractivity contribution in [1.82, 2.24) is 4.90 Å². The van der Waals surface area contributed by atoms with E-state index >= 15 is 0 Å². The van der Waals surface area contributed by atoms with Gasteiger partial charge in [0, 0.05) is 6.04 Å². The third-order valence-corrected chi connectivity index (χ3v) is 4.05. The molecule has 2 aliphatic rings. The van der Waals surface area contributed by atoms with Crippen molar-refractivity contribution in [3.05, 3.63) is 0 Å².